The number of H-pyrrole nitrogens is 1. The number of hydrogen-bond donors (Lipinski definition) is 1. The Bertz CT molecular complexity index is 419. The first-order valence-electron chi connectivity index (χ1n) is 3.19. The van der Waals surface area contributed by atoms with Crippen LogP contribution in [-0.2, 0) is 0 Å². The molecule has 6 heteroatoms. The molecule has 0 amide bonds. The molecule has 0 bridgehead atoms. The largest absolute Gasteiger partial charge is 0.345 e. The van der Waals surface area contributed by atoms with Crippen LogP contribution in [0.25, 0.3) is 11.4 Å². The molecule has 0 saturated heterocycles. The monoisotopic (exact) mass is 164 g/mol. The van der Waals surface area contributed by atoms with Crippen LogP contribution in [-0.4, -0.2) is 20.3 Å². The van der Waals surface area contributed by atoms with Crippen LogP contribution >= 0.6 is 0 Å². The summed E-state index contributed by atoms with van der Waals surface area (Å²) in [6.07, 6.45) is 2.73. The van der Waals surface area contributed by atoms with Gasteiger partial charge in [-0.25, -0.2) is 9.78 Å². The predicted molar refractivity (Wildman–Crippen MR) is 38.1 cm³/mol. The van der Waals surface area contributed by atoms with E-state index in [0.29, 0.717) is 11.4 Å². The highest BCUT2D eigenvalue weighted by Gasteiger charge is 2.01. The summed E-state index contributed by atoms with van der Waals surface area (Å²) in [5.41, 5.74) is 0.598. The standard InChI is InChI=1S/C6H4N4O2/c11-6-7-2-1-4(8-6)5-3-12-10-9-5/h1-3H,(H,7,8,11). The minimum Gasteiger partial charge on any atom is -0.345 e. The molecule has 1 N–H and O–H groups in total. The smallest absolute Gasteiger partial charge is 0.345 e. The van der Waals surface area contributed by atoms with Gasteiger partial charge in [0, 0.05) is 11.5 Å². The van der Waals surface area contributed by atoms with Crippen LogP contribution in [0, 0.1) is 0 Å². The first-order chi connectivity index (χ1) is 5.86. The van der Waals surface area contributed by atoms with Crippen molar-refractivity contribution in [3.8, 4) is 11.4 Å². The fraction of sp³-hybridized carbons (Fsp3) is 0. The van der Waals surface area contributed by atoms with E-state index in [-0.39, 0.29) is 0 Å². The van der Waals surface area contributed by atoms with Crippen LogP contribution in [0.2, 0.25) is 0 Å². The molecule has 0 saturated carbocycles. The maximum Gasteiger partial charge on any atom is 0.345 e. The fourth-order valence-electron chi connectivity index (χ4n) is 0.800. The molecular weight excluding hydrogens is 160 g/mol. The molecule has 12 heavy (non-hydrogen) atoms. The van der Waals surface area contributed by atoms with Crippen molar-refractivity contribution < 1.29 is 4.52 Å². The lowest BCUT2D eigenvalue weighted by atomic mass is 10.3. The van der Waals surface area contributed by atoms with Crippen molar-refractivity contribution in [3.05, 3.63) is 29.0 Å². The molecular formula is C6H4N4O2. The van der Waals surface area contributed by atoms with E-state index in [2.05, 4.69) is 24.9 Å². The average molecular weight is 164 g/mol. The highest BCUT2D eigenvalue weighted by Crippen LogP contribution is 2.08. The Hall–Kier alpha value is -1.98. The third-order valence-electron chi connectivity index (χ3n) is 1.31. The Morgan fingerprint density at radius 3 is 3.08 bits per heavy atom. The zero-order valence-electron chi connectivity index (χ0n) is 5.89. The predicted octanol–water partition coefficient (Wildman–Crippen LogP) is -0.180. The van der Waals surface area contributed by atoms with E-state index in [1.165, 1.54) is 12.5 Å². The minimum absolute atomic E-state index is 0.421. The van der Waals surface area contributed by atoms with Crippen molar-refractivity contribution in [1.29, 1.82) is 0 Å². The second-order valence-electron chi connectivity index (χ2n) is 2.08. The average Bonchev–Trinajstić information content (AvgIpc) is 2.56. The van der Waals surface area contributed by atoms with Gasteiger partial charge in [0.25, 0.3) is 0 Å². The lowest BCUT2D eigenvalue weighted by molar-refractivity contribution is 0.393. The summed E-state index contributed by atoms with van der Waals surface area (Å²) in [5.74, 6) is 0. The van der Waals surface area contributed by atoms with Crippen LogP contribution in [0.1, 0.15) is 0 Å². The number of hydrogen-bond acceptors (Lipinski definition) is 5. The maximum atomic E-state index is 10.7. The van der Waals surface area contributed by atoms with Gasteiger partial charge >= 0.3 is 5.69 Å². The molecule has 0 spiro atoms. The highest BCUT2D eigenvalue weighted by molar-refractivity contribution is 5.49. The molecule has 2 aromatic heterocycles. The quantitative estimate of drug-likeness (QED) is 0.631. The van der Waals surface area contributed by atoms with Gasteiger partial charge in [0.15, 0.2) is 12.0 Å². The fourth-order valence-corrected chi connectivity index (χ4v) is 0.800. The maximum absolute atomic E-state index is 10.7. The van der Waals surface area contributed by atoms with Gasteiger partial charge in [-0.05, 0) is 6.07 Å². The molecule has 0 aliphatic rings. The first kappa shape index (κ1) is 6.71. The highest BCUT2D eigenvalue weighted by atomic mass is 16.5. The minimum atomic E-state index is -0.421. The third-order valence-corrected chi connectivity index (χ3v) is 1.31. The summed E-state index contributed by atoms with van der Waals surface area (Å²) in [7, 11) is 0. The number of rotatable bonds is 1. The van der Waals surface area contributed by atoms with Crippen molar-refractivity contribution in [2.75, 3.05) is 0 Å². The summed E-state index contributed by atoms with van der Waals surface area (Å²) >= 11 is 0. The van der Waals surface area contributed by atoms with E-state index >= 15 is 0 Å². The molecule has 60 valence electrons. The molecule has 2 aromatic rings. The van der Waals surface area contributed by atoms with Gasteiger partial charge in [-0.15, -0.1) is 5.10 Å². The summed E-state index contributed by atoms with van der Waals surface area (Å²) in [5, 5.41) is 6.87. The summed E-state index contributed by atoms with van der Waals surface area (Å²) in [6, 6.07) is 1.61. The lowest BCUT2D eigenvalue weighted by Gasteiger charge is -1.90. The molecule has 6 nitrogen and oxygen atoms in total. The molecule has 0 aliphatic heterocycles. The summed E-state index contributed by atoms with van der Waals surface area (Å²) < 4.78 is 4.51. The van der Waals surface area contributed by atoms with Crippen LogP contribution in [0.4, 0.5) is 0 Å². The molecule has 2 rings (SSSR count). The molecule has 0 aromatic carbocycles. The second kappa shape index (κ2) is 2.57. The topological polar surface area (TPSA) is 84.7 Å². The van der Waals surface area contributed by atoms with Crippen LogP contribution in [0.15, 0.2) is 27.8 Å². The lowest BCUT2D eigenvalue weighted by Crippen LogP contribution is -2.09. The number of nitrogens with one attached hydrogen (secondary N) is 1. The number of nitrogens with zero attached hydrogens (tertiary/aromatic N) is 3. The van der Waals surface area contributed by atoms with Gasteiger partial charge in [-0.2, -0.15) is 0 Å². The Labute approximate surface area is 66.2 Å². The van der Waals surface area contributed by atoms with Gasteiger partial charge < -0.3 is 9.51 Å². The normalized spacial score (nSPS) is 10.0. The van der Waals surface area contributed by atoms with E-state index in [1.807, 2.05) is 0 Å². The molecule has 0 atom stereocenters. The SMILES string of the molecule is O=c1nccc(-c2conn2)[nH]1. The Kier molecular flexibility index (Phi) is 1.44. The Morgan fingerprint density at radius 2 is 2.42 bits per heavy atom. The first-order valence-corrected chi connectivity index (χ1v) is 3.19. The van der Waals surface area contributed by atoms with E-state index in [4.69, 9.17) is 0 Å². The van der Waals surface area contributed by atoms with Crippen LogP contribution in [0.5, 0.6) is 0 Å². The van der Waals surface area contributed by atoms with Gasteiger partial charge in [0.1, 0.15) is 0 Å². The van der Waals surface area contributed by atoms with Crippen molar-refractivity contribution in [2.24, 2.45) is 0 Å². The van der Waals surface area contributed by atoms with E-state index < -0.39 is 5.69 Å². The molecule has 0 unspecified atom stereocenters. The Morgan fingerprint density at radius 1 is 1.50 bits per heavy atom. The zero-order valence-corrected chi connectivity index (χ0v) is 5.89. The Balaban J connectivity index is 2.55. The third kappa shape index (κ3) is 1.09. The molecule has 0 fully saturated rings. The van der Waals surface area contributed by atoms with Crippen LogP contribution < -0.4 is 5.69 Å². The van der Waals surface area contributed by atoms with Crippen molar-refractivity contribution in [3.63, 3.8) is 0 Å². The van der Waals surface area contributed by atoms with Gasteiger partial charge in [-0.1, -0.05) is 0 Å². The van der Waals surface area contributed by atoms with Gasteiger partial charge in [-0.3, -0.25) is 0 Å². The van der Waals surface area contributed by atoms with E-state index in [0.717, 1.165) is 0 Å². The molecule has 2 heterocycles. The summed E-state index contributed by atoms with van der Waals surface area (Å²) in [6.45, 7) is 0. The van der Waals surface area contributed by atoms with E-state index in [9.17, 15) is 4.79 Å². The van der Waals surface area contributed by atoms with Crippen molar-refractivity contribution >= 4 is 0 Å². The van der Waals surface area contributed by atoms with Crippen molar-refractivity contribution in [1.82, 2.24) is 20.3 Å². The molecule has 0 aliphatic carbocycles. The van der Waals surface area contributed by atoms with Gasteiger partial charge in [0.05, 0.1) is 5.69 Å². The summed E-state index contributed by atoms with van der Waals surface area (Å²) in [4.78, 5) is 16.7. The van der Waals surface area contributed by atoms with Crippen LogP contribution in [0.3, 0.4) is 0 Å². The second-order valence-corrected chi connectivity index (χ2v) is 2.08. The van der Waals surface area contributed by atoms with Crippen molar-refractivity contribution in [2.45, 2.75) is 0 Å². The van der Waals surface area contributed by atoms with E-state index in [1.54, 1.807) is 6.07 Å². The number of aromatic amines is 1. The molecule has 0 radical (unpaired) electrons. The number of aromatic nitrogens is 4. The van der Waals surface area contributed by atoms with Gasteiger partial charge in [0.2, 0.25) is 0 Å². The zero-order chi connectivity index (χ0) is 8.39.